The maximum absolute atomic E-state index is 13.4. The molecule has 1 aromatic rings. The predicted molar refractivity (Wildman–Crippen MR) is 82.5 cm³/mol. The molecule has 1 aliphatic carbocycles. The number of nitrogens with zero attached hydrogens (tertiary/aromatic N) is 2. The fraction of sp³-hybridized carbons (Fsp3) is 0.588. The zero-order valence-electron chi connectivity index (χ0n) is 13.8. The lowest BCUT2D eigenvalue weighted by molar-refractivity contribution is -0.140. The summed E-state index contributed by atoms with van der Waals surface area (Å²) in [6.07, 6.45) is -3.26. The van der Waals surface area contributed by atoms with Crippen molar-refractivity contribution in [3.63, 3.8) is 0 Å². The van der Waals surface area contributed by atoms with Gasteiger partial charge in [-0.15, -0.1) is 0 Å². The van der Waals surface area contributed by atoms with E-state index in [9.17, 15) is 27.5 Å². The number of likely N-dealkylation sites (N-methyl/N-ethyl adjacent to an activating group) is 1. The van der Waals surface area contributed by atoms with Crippen LogP contribution < -0.4 is 0 Å². The van der Waals surface area contributed by atoms with Gasteiger partial charge in [0.05, 0.1) is 11.7 Å². The van der Waals surface area contributed by atoms with Gasteiger partial charge < -0.3 is 10.0 Å². The molecule has 3 rings (SSSR count). The van der Waals surface area contributed by atoms with Gasteiger partial charge in [0.15, 0.2) is 0 Å². The second-order valence-corrected chi connectivity index (χ2v) is 6.89. The second-order valence-electron chi connectivity index (χ2n) is 6.89. The maximum Gasteiger partial charge on any atom is 0.419 e. The molecule has 1 saturated carbocycles. The average molecular weight is 360 g/mol. The van der Waals surface area contributed by atoms with E-state index in [0.29, 0.717) is 37.7 Å². The first kappa shape index (κ1) is 18.1. The van der Waals surface area contributed by atoms with Crippen molar-refractivity contribution in [2.75, 3.05) is 26.7 Å². The van der Waals surface area contributed by atoms with Gasteiger partial charge in [-0.3, -0.25) is 9.69 Å². The van der Waals surface area contributed by atoms with E-state index in [2.05, 4.69) is 0 Å². The average Bonchev–Trinajstić information content (AvgIpc) is 3.33. The maximum atomic E-state index is 13.4. The van der Waals surface area contributed by atoms with Crippen LogP contribution in [0.2, 0.25) is 0 Å². The van der Waals surface area contributed by atoms with Crippen LogP contribution in [-0.4, -0.2) is 59.6 Å². The Kier molecular flexibility index (Phi) is 4.76. The summed E-state index contributed by atoms with van der Waals surface area (Å²) in [4.78, 5) is 16.1. The smallest absolute Gasteiger partial charge is 0.390 e. The number of benzene rings is 1. The standard InChI is InChI=1S/C17H20F4N2O2/c1-22(15(10-2-3-10)9-23-7-12(24)8-23)16(25)11-4-5-14(18)13(6-11)17(19,20)21/h4-6,10,12,15,24H,2-3,7-9H2,1H3. The SMILES string of the molecule is CN(C(=O)c1ccc(F)c(C(F)(F)F)c1)C(CN1CC(O)C1)C1CC1. The number of halogens is 4. The molecular weight excluding hydrogens is 340 g/mol. The Balaban J connectivity index is 1.76. The first-order chi connectivity index (χ1) is 11.7. The largest absolute Gasteiger partial charge is 0.419 e. The molecule has 1 atom stereocenters. The van der Waals surface area contributed by atoms with Crippen molar-refractivity contribution in [3.05, 3.63) is 35.1 Å². The van der Waals surface area contributed by atoms with Gasteiger partial charge in [0.1, 0.15) is 5.82 Å². The third-order valence-electron chi connectivity index (χ3n) is 4.89. The predicted octanol–water partition coefficient (Wildman–Crippen LogP) is 2.37. The molecule has 1 saturated heterocycles. The highest BCUT2D eigenvalue weighted by atomic mass is 19.4. The van der Waals surface area contributed by atoms with Crippen LogP contribution in [0.25, 0.3) is 0 Å². The van der Waals surface area contributed by atoms with Crippen LogP contribution in [0.15, 0.2) is 18.2 Å². The van der Waals surface area contributed by atoms with Crippen molar-refractivity contribution >= 4 is 5.91 Å². The van der Waals surface area contributed by atoms with E-state index in [1.807, 2.05) is 4.90 Å². The van der Waals surface area contributed by atoms with Crippen LogP contribution in [0.4, 0.5) is 17.6 Å². The van der Waals surface area contributed by atoms with Gasteiger partial charge in [0.25, 0.3) is 5.91 Å². The van der Waals surface area contributed by atoms with Gasteiger partial charge in [-0.05, 0) is 37.0 Å². The van der Waals surface area contributed by atoms with Crippen molar-refractivity contribution in [2.45, 2.75) is 31.2 Å². The number of aliphatic hydroxyl groups excluding tert-OH is 1. The molecule has 8 heteroatoms. The fourth-order valence-corrected chi connectivity index (χ4v) is 3.25. The fourth-order valence-electron chi connectivity index (χ4n) is 3.25. The van der Waals surface area contributed by atoms with Crippen LogP contribution in [0.3, 0.4) is 0 Å². The molecule has 1 unspecified atom stereocenters. The number of likely N-dealkylation sites (tertiary alicyclic amines) is 1. The molecule has 2 aliphatic rings. The number of rotatable bonds is 5. The van der Waals surface area contributed by atoms with Crippen LogP contribution >= 0.6 is 0 Å². The molecule has 0 aromatic heterocycles. The molecule has 0 radical (unpaired) electrons. The molecule has 1 aliphatic heterocycles. The van der Waals surface area contributed by atoms with Gasteiger partial charge in [-0.2, -0.15) is 13.2 Å². The molecular formula is C17H20F4N2O2. The number of amides is 1. The number of β-amino-alcohol motifs (C(OH)–C–C–N with tert-alkyl or cyclic N) is 1. The lowest BCUT2D eigenvalue weighted by atomic mass is 10.0. The normalized spacial score (nSPS) is 20.2. The summed E-state index contributed by atoms with van der Waals surface area (Å²) in [5, 5.41) is 9.38. The molecule has 1 amide bonds. The molecule has 1 aromatic carbocycles. The summed E-state index contributed by atoms with van der Waals surface area (Å²) < 4.78 is 52.0. The van der Waals surface area contributed by atoms with Crippen LogP contribution in [0.5, 0.6) is 0 Å². The summed E-state index contributed by atoms with van der Waals surface area (Å²) in [6.45, 7) is 1.66. The highest BCUT2D eigenvalue weighted by Crippen LogP contribution is 2.37. The lowest BCUT2D eigenvalue weighted by Crippen LogP contribution is -2.56. The third-order valence-corrected chi connectivity index (χ3v) is 4.89. The van der Waals surface area contributed by atoms with Gasteiger partial charge in [-0.1, -0.05) is 0 Å². The van der Waals surface area contributed by atoms with E-state index in [-0.39, 0.29) is 17.7 Å². The minimum atomic E-state index is -4.84. The number of alkyl halides is 3. The number of carbonyl (C=O) groups is 1. The zero-order valence-corrected chi connectivity index (χ0v) is 13.8. The van der Waals surface area contributed by atoms with E-state index in [1.165, 1.54) is 4.90 Å². The number of hydrogen-bond acceptors (Lipinski definition) is 3. The van der Waals surface area contributed by atoms with Crippen LogP contribution in [0.1, 0.15) is 28.8 Å². The van der Waals surface area contributed by atoms with E-state index in [0.717, 1.165) is 18.9 Å². The van der Waals surface area contributed by atoms with Crippen LogP contribution in [0, 0.1) is 11.7 Å². The molecule has 138 valence electrons. The van der Waals surface area contributed by atoms with Crippen molar-refractivity contribution < 1.29 is 27.5 Å². The van der Waals surface area contributed by atoms with E-state index in [4.69, 9.17) is 0 Å². The Morgan fingerprint density at radius 1 is 1.36 bits per heavy atom. The Labute approximate surface area is 143 Å². The Morgan fingerprint density at radius 2 is 2.00 bits per heavy atom. The van der Waals surface area contributed by atoms with E-state index < -0.39 is 23.5 Å². The van der Waals surface area contributed by atoms with Gasteiger partial charge in [-0.25, -0.2) is 4.39 Å². The van der Waals surface area contributed by atoms with Gasteiger partial charge in [0.2, 0.25) is 0 Å². The molecule has 0 bridgehead atoms. The topological polar surface area (TPSA) is 43.8 Å². The van der Waals surface area contributed by atoms with Crippen molar-refractivity contribution in [1.82, 2.24) is 9.80 Å². The highest BCUT2D eigenvalue weighted by Gasteiger charge is 2.40. The van der Waals surface area contributed by atoms with Crippen molar-refractivity contribution in [2.24, 2.45) is 5.92 Å². The van der Waals surface area contributed by atoms with E-state index in [1.54, 1.807) is 7.05 Å². The summed E-state index contributed by atoms with van der Waals surface area (Å²) in [5.41, 5.74) is -1.61. The lowest BCUT2D eigenvalue weighted by Gasteiger charge is -2.40. The Morgan fingerprint density at radius 3 is 2.52 bits per heavy atom. The minimum absolute atomic E-state index is 0.126. The summed E-state index contributed by atoms with van der Waals surface area (Å²) >= 11 is 0. The Hall–Kier alpha value is -1.67. The third kappa shape index (κ3) is 3.95. The second kappa shape index (κ2) is 6.57. The minimum Gasteiger partial charge on any atom is -0.390 e. The quantitative estimate of drug-likeness (QED) is 0.820. The molecule has 4 nitrogen and oxygen atoms in total. The number of aliphatic hydroxyl groups is 1. The molecule has 1 heterocycles. The van der Waals surface area contributed by atoms with Crippen molar-refractivity contribution in [1.29, 1.82) is 0 Å². The number of carbonyl (C=O) groups excluding carboxylic acids is 1. The molecule has 2 fully saturated rings. The first-order valence-electron chi connectivity index (χ1n) is 8.21. The monoisotopic (exact) mass is 360 g/mol. The zero-order chi connectivity index (χ0) is 18.4. The Bertz CT molecular complexity index is 655. The number of hydrogen-bond donors (Lipinski definition) is 1. The van der Waals surface area contributed by atoms with E-state index >= 15 is 0 Å². The van der Waals surface area contributed by atoms with Gasteiger partial charge >= 0.3 is 6.18 Å². The highest BCUT2D eigenvalue weighted by molar-refractivity contribution is 5.94. The molecule has 1 N–H and O–H groups in total. The first-order valence-corrected chi connectivity index (χ1v) is 8.21. The molecule has 25 heavy (non-hydrogen) atoms. The summed E-state index contributed by atoms with van der Waals surface area (Å²) in [5.74, 6) is -1.63. The molecule has 0 spiro atoms. The van der Waals surface area contributed by atoms with Crippen LogP contribution in [-0.2, 0) is 6.18 Å². The summed E-state index contributed by atoms with van der Waals surface area (Å²) in [6, 6.07) is 2.22. The van der Waals surface area contributed by atoms with Gasteiger partial charge in [0, 0.05) is 38.3 Å². The summed E-state index contributed by atoms with van der Waals surface area (Å²) in [7, 11) is 1.57. The van der Waals surface area contributed by atoms with Crippen molar-refractivity contribution in [3.8, 4) is 0 Å².